The summed E-state index contributed by atoms with van der Waals surface area (Å²) in [7, 11) is -3.00. The molecular formula is C19H33N3O4S. The molecule has 3 rings (SSSR count). The molecule has 1 spiro atoms. The Morgan fingerprint density at radius 3 is 2.30 bits per heavy atom. The maximum absolute atomic E-state index is 13.1. The molecule has 0 aromatic rings. The van der Waals surface area contributed by atoms with Crippen LogP contribution in [0.15, 0.2) is 0 Å². The number of carbonyl (C=O) groups is 2. The summed E-state index contributed by atoms with van der Waals surface area (Å²) >= 11 is 0. The number of hydrogen-bond donors (Lipinski definition) is 1. The van der Waals surface area contributed by atoms with Crippen molar-refractivity contribution in [3.8, 4) is 0 Å². The Morgan fingerprint density at radius 1 is 1.19 bits per heavy atom. The molecular weight excluding hydrogens is 366 g/mol. The van der Waals surface area contributed by atoms with Crippen molar-refractivity contribution in [2.24, 2.45) is 11.3 Å². The second-order valence-corrected chi connectivity index (χ2v) is 11.7. The predicted molar refractivity (Wildman–Crippen MR) is 104 cm³/mol. The molecule has 0 aromatic heterocycles. The van der Waals surface area contributed by atoms with Crippen LogP contribution in [0.4, 0.5) is 4.79 Å². The summed E-state index contributed by atoms with van der Waals surface area (Å²) in [6, 6.07) is -0.456. The van der Waals surface area contributed by atoms with Crippen molar-refractivity contribution in [2.75, 3.05) is 24.7 Å². The van der Waals surface area contributed by atoms with Crippen molar-refractivity contribution in [1.82, 2.24) is 15.1 Å². The average Bonchev–Trinajstić information content (AvgIpc) is 3.03. The van der Waals surface area contributed by atoms with Crippen molar-refractivity contribution in [3.63, 3.8) is 0 Å². The summed E-state index contributed by atoms with van der Waals surface area (Å²) in [5.41, 5.74) is -0.556. The number of nitrogens with zero attached hydrogens (tertiary/aromatic N) is 2. The smallest absolute Gasteiger partial charge is 0.323 e. The molecule has 0 aromatic carbocycles. The van der Waals surface area contributed by atoms with Gasteiger partial charge in [0.05, 0.1) is 18.2 Å². The summed E-state index contributed by atoms with van der Waals surface area (Å²) in [6.07, 6.45) is 3.79. The van der Waals surface area contributed by atoms with E-state index in [0.29, 0.717) is 31.7 Å². The van der Waals surface area contributed by atoms with Crippen molar-refractivity contribution in [1.29, 1.82) is 0 Å². The minimum atomic E-state index is -3.00. The van der Waals surface area contributed by atoms with E-state index in [1.807, 2.05) is 11.8 Å². The van der Waals surface area contributed by atoms with Crippen LogP contribution in [0.5, 0.6) is 0 Å². The van der Waals surface area contributed by atoms with Gasteiger partial charge in [-0.05, 0) is 50.0 Å². The topological polar surface area (TPSA) is 86.8 Å². The van der Waals surface area contributed by atoms with Crippen LogP contribution in [0.2, 0.25) is 0 Å². The molecule has 0 radical (unpaired) electrons. The minimum absolute atomic E-state index is 0.114. The van der Waals surface area contributed by atoms with Gasteiger partial charge in [0.1, 0.15) is 5.54 Å². The van der Waals surface area contributed by atoms with Gasteiger partial charge in [-0.25, -0.2) is 18.1 Å². The molecule has 1 N–H and O–H groups in total. The van der Waals surface area contributed by atoms with Gasteiger partial charge in [-0.2, -0.15) is 0 Å². The molecule has 0 bridgehead atoms. The molecule has 27 heavy (non-hydrogen) atoms. The SMILES string of the molecule is CCN(CN1C(=O)NC2(CCC(C(C)(C)C)CC2)C1=O)[C@H]1CCS(=O)(=O)C1. The maximum Gasteiger partial charge on any atom is 0.326 e. The molecule has 1 aliphatic carbocycles. The van der Waals surface area contributed by atoms with Crippen molar-refractivity contribution < 1.29 is 18.0 Å². The highest BCUT2D eigenvalue weighted by atomic mass is 32.2. The van der Waals surface area contributed by atoms with Crippen LogP contribution in [0, 0.1) is 11.3 Å². The molecule has 2 saturated heterocycles. The fourth-order valence-corrected chi connectivity index (χ4v) is 6.60. The van der Waals surface area contributed by atoms with Crippen LogP contribution >= 0.6 is 0 Å². The van der Waals surface area contributed by atoms with Crippen LogP contribution in [-0.2, 0) is 14.6 Å². The monoisotopic (exact) mass is 399 g/mol. The lowest BCUT2D eigenvalue weighted by Crippen LogP contribution is -2.51. The standard InChI is InChI=1S/C19H33N3O4S/c1-5-21(15-8-11-27(25,26)12-15)13-22-16(23)19(20-17(22)24)9-6-14(7-10-19)18(2,3)4/h14-15H,5-13H2,1-4H3,(H,20,24)/t14?,15-,19?/m0/s1. The molecule has 2 heterocycles. The molecule has 3 fully saturated rings. The second-order valence-electron chi connectivity index (χ2n) is 9.49. The van der Waals surface area contributed by atoms with Crippen LogP contribution in [0.1, 0.15) is 59.8 Å². The van der Waals surface area contributed by atoms with Gasteiger partial charge < -0.3 is 5.32 Å². The largest absolute Gasteiger partial charge is 0.326 e. The van der Waals surface area contributed by atoms with Crippen LogP contribution in [-0.4, -0.2) is 66.5 Å². The summed E-state index contributed by atoms with van der Waals surface area (Å²) < 4.78 is 23.6. The minimum Gasteiger partial charge on any atom is -0.323 e. The molecule has 1 saturated carbocycles. The van der Waals surface area contributed by atoms with Crippen LogP contribution in [0.3, 0.4) is 0 Å². The summed E-state index contributed by atoms with van der Waals surface area (Å²) in [6.45, 7) is 9.40. The fraction of sp³-hybridized carbons (Fsp3) is 0.895. The molecule has 0 unspecified atom stereocenters. The van der Waals surface area contributed by atoms with E-state index in [0.717, 1.165) is 12.8 Å². The zero-order valence-corrected chi connectivity index (χ0v) is 17.8. The van der Waals surface area contributed by atoms with E-state index in [1.165, 1.54) is 4.90 Å². The van der Waals surface area contributed by atoms with Gasteiger partial charge in [0.15, 0.2) is 9.84 Å². The number of imide groups is 1. The van der Waals surface area contributed by atoms with Gasteiger partial charge in [-0.15, -0.1) is 0 Å². The fourth-order valence-electron chi connectivity index (χ4n) is 4.84. The normalized spacial score (nSPS) is 33.9. The molecule has 7 nitrogen and oxygen atoms in total. The first-order valence-corrected chi connectivity index (χ1v) is 11.9. The van der Waals surface area contributed by atoms with E-state index >= 15 is 0 Å². The van der Waals surface area contributed by atoms with Gasteiger partial charge in [-0.1, -0.05) is 27.7 Å². The number of urea groups is 1. The molecule has 1 atom stereocenters. The second kappa shape index (κ2) is 7.03. The average molecular weight is 400 g/mol. The predicted octanol–water partition coefficient (Wildman–Crippen LogP) is 1.98. The van der Waals surface area contributed by atoms with Crippen molar-refractivity contribution in [3.05, 3.63) is 0 Å². The number of hydrogen-bond acceptors (Lipinski definition) is 5. The molecule has 3 amide bonds. The molecule has 3 aliphatic rings. The van der Waals surface area contributed by atoms with Crippen molar-refractivity contribution >= 4 is 21.8 Å². The highest BCUT2D eigenvalue weighted by Gasteiger charge is 2.53. The first-order valence-electron chi connectivity index (χ1n) is 10.1. The Labute approximate surface area is 162 Å². The number of carbonyl (C=O) groups excluding carboxylic acids is 2. The molecule has 8 heteroatoms. The van der Waals surface area contributed by atoms with E-state index in [9.17, 15) is 18.0 Å². The number of sulfone groups is 1. The third-order valence-corrected chi connectivity index (χ3v) is 8.51. The van der Waals surface area contributed by atoms with Crippen LogP contribution < -0.4 is 5.32 Å². The first-order chi connectivity index (χ1) is 12.5. The van der Waals surface area contributed by atoms with E-state index in [4.69, 9.17) is 0 Å². The Kier molecular flexibility index (Phi) is 5.36. The Morgan fingerprint density at radius 2 is 1.81 bits per heavy atom. The summed E-state index contributed by atoms with van der Waals surface area (Å²) in [4.78, 5) is 29.0. The third-order valence-electron chi connectivity index (χ3n) is 6.76. The highest BCUT2D eigenvalue weighted by Crippen LogP contribution is 2.43. The van der Waals surface area contributed by atoms with Gasteiger partial charge in [0.25, 0.3) is 5.91 Å². The third kappa shape index (κ3) is 4.01. The van der Waals surface area contributed by atoms with Crippen LogP contribution in [0.25, 0.3) is 0 Å². The summed E-state index contributed by atoms with van der Waals surface area (Å²) in [5.74, 6) is 0.715. The Hall–Kier alpha value is -1.15. The lowest BCUT2D eigenvalue weighted by atomic mass is 9.67. The van der Waals surface area contributed by atoms with E-state index in [-0.39, 0.29) is 41.6 Å². The zero-order valence-electron chi connectivity index (χ0n) is 17.0. The van der Waals surface area contributed by atoms with Gasteiger partial charge in [0.2, 0.25) is 0 Å². The maximum atomic E-state index is 13.1. The number of amides is 3. The lowest BCUT2D eigenvalue weighted by molar-refractivity contribution is -0.134. The van der Waals surface area contributed by atoms with Crippen molar-refractivity contribution in [2.45, 2.75) is 71.4 Å². The zero-order chi connectivity index (χ0) is 20.0. The van der Waals surface area contributed by atoms with E-state index < -0.39 is 15.4 Å². The molecule has 154 valence electrons. The number of rotatable bonds is 4. The van der Waals surface area contributed by atoms with E-state index in [1.54, 1.807) is 0 Å². The Bertz CT molecular complexity index is 705. The Balaban J connectivity index is 1.68. The van der Waals surface area contributed by atoms with Gasteiger partial charge in [0, 0.05) is 6.04 Å². The quantitative estimate of drug-likeness (QED) is 0.731. The first kappa shape index (κ1) is 20.6. The highest BCUT2D eigenvalue weighted by molar-refractivity contribution is 7.91. The van der Waals surface area contributed by atoms with Gasteiger partial charge in [-0.3, -0.25) is 9.69 Å². The van der Waals surface area contributed by atoms with E-state index in [2.05, 4.69) is 26.1 Å². The lowest BCUT2D eigenvalue weighted by Gasteiger charge is -2.40. The van der Waals surface area contributed by atoms with Gasteiger partial charge >= 0.3 is 6.03 Å². The summed E-state index contributed by atoms with van der Waals surface area (Å²) in [5, 5.41) is 2.97. The molecule has 2 aliphatic heterocycles. The number of nitrogens with one attached hydrogen (secondary N) is 1.